The van der Waals surface area contributed by atoms with E-state index in [1.807, 2.05) is 6.92 Å². The highest BCUT2D eigenvalue weighted by atomic mass is 19.1. The van der Waals surface area contributed by atoms with Crippen LogP contribution in [0.1, 0.15) is 46.9 Å². The molecule has 8 nitrogen and oxygen atoms in total. The first-order valence-corrected chi connectivity index (χ1v) is 11.8. The predicted octanol–water partition coefficient (Wildman–Crippen LogP) is 2.83. The summed E-state index contributed by atoms with van der Waals surface area (Å²) in [6, 6.07) is 11.4. The Morgan fingerprint density at radius 3 is 2.23 bits per heavy atom. The average Bonchev–Trinajstić information content (AvgIpc) is 3.25. The Bertz CT molecular complexity index is 1070. The van der Waals surface area contributed by atoms with Crippen LogP contribution in [0.25, 0.3) is 0 Å². The van der Waals surface area contributed by atoms with Gasteiger partial charge in [0.05, 0.1) is 13.7 Å². The number of piperidine rings is 1. The zero-order valence-corrected chi connectivity index (χ0v) is 20.0. The molecule has 0 aliphatic carbocycles. The van der Waals surface area contributed by atoms with Gasteiger partial charge in [-0.2, -0.15) is 0 Å². The van der Waals surface area contributed by atoms with Crippen molar-refractivity contribution in [3.05, 3.63) is 65.5 Å². The first kappa shape index (κ1) is 24.7. The quantitative estimate of drug-likeness (QED) is 0.683. The molecule has 2 aromatic carbocycles. The van der Waals surface area contributed by atoms with Gasteiger partial charge < -0.3 is 19.7 Å². The summed E-state index contributed by atoms with van der Waals surface area (Å²) in [5.74, 6) is -0.573. The van der Waals surface area contributed by atoms with Crippen molar-refractivity contribution in [2.75, 3.05) is 33.4 Å². The van der Waals surface area contributed by atoms with Gasteiger partial charge in [-0.05, 0) is 55.0 Å². The molecule has 0 radical (unpaired) electrons. The lowest BCUT2D eigenvalue weighted by molar-refractivity contribution is -0.128. The maximum Gasteiger partial charge on any atom is 0.256 e. The molecule has 35 heavy (non-hydrogen) atoms. The zero-order valence-electron chi connectivity index (χ0n) is 20.0. The topological polar surface area (TPSA) is 88.2 Å². The maximum atomic E-state index is 13.6. The number of rotatable bonds is 6. The number of hydrogen-bond acceptors (Lipinski definition) is 5. The fraction of sp³-hybridized carbons (Fsp3) is 0.423. The van der Waals surface area contributed by atoms with Crippen molar-refractivity contribution in [3.63, 3.8) is 0 Å². The van der Waals surface area contributed by atoms with Crippen LogP contribution in [0.3, 0.4) is 0 Å². The molecule has 2 saturated heterocycles. The molecule has 0 saturated carbocycles. The van der Waals surface area contributed by atoms with Crippen LogP contribution >= 0.6 is 0 Å². The predicted molar refractivity (Wildman–Crippen MR) is 126 cm³/mol. The van der Waals surface area contributed by atoms with E-state index in [0.29, 0.717) is 43.8 Å². The summed E-state index contributed by atoms with van der Waals surface area (Å²) in [5, 5.41) is 2.85. The molecule has 0 bridgehead atoms. The minimum absolute atomic E-state index is 0.0644. The van der Waals surface area contributed by atoms with E-state index in [9.17, 15) is 18.8 Å². The van der Waals surface area contributed by atoms with Gasteiger partial charge in [0, 0.05) is 43.6 Å². The second-order valence-corrected chi connectivity index (χ2v) is 8.77. The molecule has 186 valence electrons. The lowest BCUT2D eigenvalue weighted by Gasteiger charge is -2.44. The van der Waals surface area contributed by atoms with Crippen LogP contribution in [0.15, 0.2) is 48.5 Å². The molecule has 3 amide bonds. The third kappa shape index (κ3) is 5.00. The molecule has 2 aliphatic heterocycles. The second-order valence-electron chi connectivity index (χ2n) is 8.77. The van der Waals surface area contributed by atoms with Gasteiger partial charge in [-0.25, -0.2) is 4.39 Å². The van der Waals surface area contributed by atoms with Crippen LogP contribution in [0, 0.1) is 5.82 Å². The molecule has 2 fully saturated rings. The van der Waals surface area contributed by atoms with Gasteiger partial charge in [0.15, 0.2) is 0 Å². The lowest BCUT2D eigenvalue weighted by atomic mass is 9.96. The number of amides is 3. The molecule has 0 aromatic heterocycles. The molecule has 2 heterocycles. The number of likely N-dealkylation sites (tertiary alicyclic amines) is 1. The van der Waals surface area contributed by atoms with E-state index in [0.717, 1.165) is 6.42 Å². The van der Waals surface area contributed by atoms with E-state index in [-0.39, 0.29) is 24.0 Å². The highest BCUT2D eigenvalue weighted by Crippen LogP contribution is 2.39. The largest absolute Gasteiger partial charge is 0.497 e. The van der Waals surface area contributed by atoms with Gasteiger partial charge in [-0.1, -0.05) is 6.92 Å². The van der Waals surface area contributed by atoms with E-state index in [1.54, 1.807) is 36.3 Å². The highest BCUT2D eigenvalue weighted by molar-refractivity contribution is 5.98. The average molecular weight is 484 g/mol. The monoisotopic (exact) mass is 483 g/mol. The Hall–Kier alpha value is -3.46. The minimum Gasteiger partial charge on any atom is -0.497 e. The molecular weight excluding hydrogens is 453 g/mol. The van der Waals surface area contributed by atoms with Crippen LogP contribution in [0.2, 0.25) is 0 Å². The third-order valence-electron chi connectivity index (χ3n) is 6.59. The summed E-state index contributed by atoms with van der Waals surface area (Å²) in [5.41, 5.74) is -0.192. The number of nitrogens with one attached hydrogen (secondary N) is 1. The summed E-state index contributed by atoms with van der Waals surface area (Å²) >= 11 is 0. The van der Waals surface area contributed by atoms with Gasteiger partial charge in [0.1, 0.15) is 23.3 Å². The number of ether oxygens (including phenoxy) is 2. The number of nitrogens with zero attached hydrogens (tertiary/aromatic N) is 2. The number of benzene rings is 2. The smallest absolute Gasteiger partial charge is 0.256 e. The molecule has 1 atom stereocenters. The number of methoxy groups -OCH3 is 1. The first-order chi connectivity index (χ1) is 16.9. The zero-order chi connectivity index (χ0) is 25.0. The van der Waals surface area contributed by atoms with Crippen molar-refractivity contribution in [1.82, 2.24) is 15.1 Å². The Labute approximate surface area is 204 Å². The molecule has 1 N–H and O–H groups in total. The fourth-order valence-electron chi connectivity index (χ4n) is 4.64. The number of carbonyl (C=O) groups is 3. The Balaban J connectivity index is 1.54. The van der Waals surface area contributed by atoms with Crippen molar-refractivity contribution in [3.8, 4) is 5.75 Å². The van der Waals surface area contributed by atoms with Gasteiger partial charge in [0.25, 0.3) is 11.8 Å². The number of hydrogen-bond donors (Lipinski definition) is 1. The fourth-order valence-corrected chi connectivity index (χ4v) is 4.64. The molecule has 1 spiro atoms. The van der Waals surface area contributed by atoms with Gasteiger partial charge in [-0.3, -0.25) is 19.3 Å². The SMILES string of the molecule is CCCNC(=O)C1COC2(CCN(C(=O)c3ccc(OC)cc3)CC2)N1C(=O)c1ccc(F)cc1. The van der Waals surface area contributed by atoms with Crippen LogP contribution in [-0.4, -0.2) is 72.6 Å². The minimum atomic E-state index is -1.02. The van der Waals surface area contributed by atoms with Crippen LogP contribution in [0.4, 0.5) is 4.39 Å². The molecule has 9 heteroatoms. The van der Waals surface area contributed by atoms with Crippen LogP contribution in [0.5, 0.6) is 5.75 Å². The summed E-state index contributed by atoms with van der Waals surface area (Å²) in [6.07, 6.45) is 1.48. The molecule has 4 rings (SSSR count). The highest BCUT2D eigenvalue weighted by Gasteiger charge is 2.54. The van der Waals surface area contributed by atoms with E-state index in [1.165, 1.54) is 29.2 Å². The van der Waals surface area contributed by atoms with Crippen LogP contribution < -0.4 is 10.1 Å². The first-order valence-electron chi connectivity index (χ1n) is 11.8. The molecule has 1 unspecified atom stereocenters. The van der Waals surface area contributed by atoms with Gasteiger partial charge >= 0.3 is 0 Å². The van der Waals surface area contributed by atoms with Crippen molar-refractivity contribution in [2.24, 2.45) is 0 Å². The molecule has 2 aliphatic rings. The molecule has 2 aromatic rings. The van der Waals surface area contributed by atoms with E-state index < -0.39 is 23.5 Å². The third-order valence-corrected chi connectivity index (χ3v) is 6.59. The number of carbonyl (C=O) groups excluding carboxylic acids is 3. The Kier molecular flexibility index (Phi) is 7.35. The van der Waals surface area contributed by atoms with E-state index in [2.05, 4.69) is 5.32 Å². The van der Waals surface area contributed by atoms with E-state index >= 15 is 0 Å². The van der Waals surface area contributed by atoms with E-state index in [4.69, 9.17) is 9.47 Å². The Morgan fingerprint density at radius 2 is 1.63 bits per heavy atom. The maximum absolute atomic E-state index is 13.6. The summed E-state index contributed by atoms with van der Waals surface area (Å²) in [4.78, 5) is 42.7. The second kappa shape index (κ2) is 10.4. The molecular formula is C26H30FN3O5. The Morgan fingerprint density at radius 1 is 1.03 bits per heavy atom. The van der Waals surface area contributed by atoms with Crippen molar-refractivity contribution >= 4 is 17.7 Å². The summed E-state index contributed by atoms with van der Waals surface area (Å²) in [6.45, 7) is 3.23. The van der Waals surface area contributed by atoms with Crippen molar-refractivity contribution in [1.29, 1.82) is 0 Å². The number of halogens is 1. The normalized spacial score (nSPS) is 19.0. The van der Waals surface area contributed by atoms with Crippen molar-refractivity contribution < 1.29 is 28.2 Å². The standard InChI is InChI=1S/C26H30FN3O5/c1-3-14-28-23(31)22-17-35-26(30(22)25(33)19-4-8-20(27)9-5-19)12-15-29(16-13-26)24(32)18-6-10-21(34-2)11-7-18/h4-11,22H,3,12-17H2,1-2H3,(H,28,31). The summed E-state index contributed by atoms with van der Waals surface area (Å²) in [7, 11) is 1.57. The van der Waals surface area contributed by atoms with Crippen LogP contribution in [-0.2, 0) is 9.53 Å². The van der Waals surface area contributed by atoms with Gasteiger partial charge in [0.2, 0.25) is 5.91 Å². The van der Waals surface area contributed by atoms with Crippen molar-refractivity contribution in [2.45, 2.75) is 38.0 Å². The van der Waals surface area contributed by atoms with Gasteiger partial charge in [-0.15, -0.1) is 0 Å². The lowest BCUT2D eigenvalue weighted by Crippen LogP contribution is -2.59. The summed E-state index contributed by atoms with van der Waals surface area (Å²) < 4.78 is 24.8.